The second-order valence-electron chi connectivity index (χ2n) is 4.39. The Morgan fingerprint density at radius 3 is 1.44 bits per heavy atom. The van der Waals surface area contributed by atoms with Crippen LogP contribution in [0.25, 0.3) is 0 Å². The van der Waals surface area contributed by atoms with Crippen molar-refractivity contribution in [1.82, 2.24) is 0 Å². The van der Waals surface area contributed by atoms with Crippen molar-refractivity contribution in [3.8, 4) is 0 Å². The van der Waals surface area contributed by atoms with Crippen LogP contribution in [0.5, 0.6) is 0 Å². The van der Waals surface area contributed by atoms with Crippen LogP contribution in [0.4, 0.5) is 11.4 Å². The maximum Gasteiger partial charge on any atom is 0.106 e. The van der Waals surface area contributed by atoms with Gasteiger partial charge in [0, 0.05) is 24.5 Å². The van der Waals surface area contributed by atoms with Gasteiger partial charge in [0.15, 0.2) is 0 Å². The minimum Gasteiger partial charge on any atom is -0.326 e. The van der Waals surface area contributed by atoms with E-state index in [4.69, 9.17) is 0 Å². The molecule has 1 saturated heterocycles. The molecule has 90 valence electrons. The van der Waals surface area contributed by atoms with Crippen molar-refractivity contribution in [2.75, 3.05) is 22.9 Å². The number of hydrogen-bond donors (Lipinski definition) is 0. The van der Waals surface area contributed by atoms with Gasteiger partial charge in [0.25, 0.3) is 0 Å². The fourth-order valence-electron chi connectivity index (χ4n) is 2.38. The highest BCUT2D eigenvalue weighted by Gasteiger charge is 2.24. The molecule has 2 aromatic carbocycles. The average Bonchev–Trinajstić information content (AvgIpc) is 2.83. The second-order valence-corrected chi connectivity index (χ2v) is 4.39. The summed E-state index contributed by atoms with van der Waals surface area (Å²) in [5.74, 6) is 1.05. The van der Waals surface area contributed by atoms with Gasteiger partial charge in [-0.25, -0.2) is 0 Å². The summed E-state index contributed by atoms with van der Waals surface area (Å²) in [6.45, 7) is 6.19. The van der Waals surface area contributed by atoms with Crippen LogP contribution in [-0.4, -0.2) is 13.1 Å². The van der Waals surface area contributed by atoms with Gasteiger partial charge < -0.3 is 9.80 Å². The van der Waals surface area contributed by atoms with Gasteiger partial charge in [-0.1, -0.05) is 43.0 Å². The van der Waals surface area contributed by atoms with Crippen LogP contribution >= 0.6 is 0 Å². The highest BCUT2D eigenvalue weighted by molar-refractivity contribution is 5.63. The first-order chi connectivity index (χ1) is 8.86. The van der Waals surface area contributed by atoms with Crippen molar-refractivity contribution in [1.29, 1.82) is 0 Å². The molecule has 18 heavy (non-hydrogen) atoms. The van der Waals surface area contributed by atoms with Gasteiger partial charge in [-0.3, -0.25) is 0 Å². The van der Waals surface area contributed by atoms with E-state index in [-0.39, 0.29) is 0 Å². The van der Waals surface area contributed by atoms with Crippen LogP contribution < -0.4 is 9.80 Å². The zero-order chi connectivity index (χ0) is 12.4. The predicted octanol–water partition coefficient (Wildman–Crippen LogP) is 3.48. The zero-order valence-electron chi connectivity index (χ0n) is 10.3. The highest BCUT2D eigenvalue weighted by Crippen LogP contribution is 2.29. The van der Waals surface area contributed by atoms with Gasteiger partial charge >= 0.3 is 0 Å². The molecule has 1 heterocycles. The molecule has 0 radical (unpaired) electrons. The van der Waals surface area contributed by atoms with Gasteiger partial charge in [0.05, 0.1) is 0 Å². The van der Waals surface area contributed by atoms with Crippen LogP contribution in [-0.2, 0) is 0 Å². The number of anilines is 2. The number of benzene rings is 2. The first kappa shape index (κ1) is 10.9. The molecule has 1 aliphatic rings. The molecule has 0 aromatic heterocycles. The molecule has 0 bridgehead atoms. The summed E-state index contributed by atoms with van der Waals surface area (Å²) in [7, 11) is 0. The van der Waals surface area contributed by atoms with E-state index in [2.05, 4.69) is 64.9 Å². The fourth-order valence-corrected chi connectivity index (χ4v) is 2.38. The van der Waals surface area contributed by atoms with E-state index >= 15 is 0 Å². The lowest BCUT2D eigenvalue weighted by Gasteiger charge is -2.23. The zero-order valence-corrected chi connectivity index (χ0v) is 10.3. The largest absolute Gasteiger partial charge is 0.326 e. The Balaban J connectivity index is 1.86. The van der Waals surface area contributed by atoms with Crippen LogP contribution in [0.15, 0.2) is 73.1 Å². The molecule has 1 aliphatic heterocycles. The SMILES string of the molecule is C=C1N(c2ccccc2)CCN1c1ccccc1. The molecule has 0 spiro atoms. The summed E-state index contributed by atoms with van der Waals surface area (Å²) in [4.78, 5) is 4.51. The van der Waals surface area contributed by atoms with E-state index in [9.17, 15) is 0 Å². The monoisotopic (exact) mass is 236 g/mol. The van der Waals surface area contributed by atoms with Gasteiger partial charge in [0.1, 0.15) is 5.82 Å². The Labute approximate surface area is 108 Å². The normalized spacial score (nSPS) is 15.2. The Bertz CT molecular complexity index is 484. The lowest BCUT2D eigenvalue weighted by atomic mass is 10.3. The van der Waals surface area contributed by atoms with Crippen LogP contribution in [0.1, 0.15) is 0 Å². The minimum absolute atomic E-state index is 0.984. The summed E-state index contributed by atoms with van der Waals surface area (Å²) in [6, 6.07) is 20.8. The quantitative estimate of drug-likeness (QED) is 0.787. The fraction of sp³-hybridized carbons (Fsp3) is 0.125. The minimum atomic E-state index is 0.984. The second kappa shape index (κ2) is 4.57. The van der Waals surface area contributed by atoms with Crippen molar-refractivity contribution in [2.45, 2.75) is 0 Å². The molecule has 0 atom stereocenters. The first-order valence-electron chi connectivity index (χ1n) is 6.20. The lowest BCUT2D eigenvalue weighted by molar-refractivity contribution is 1.02. The average molecular weight is 236 g/mol. The third-order valence-electron chi connectivity index (χ3n) is 3.31. The highest BCUT2D eigenvalue weighted by atomic mass is 15.4. The Kier molecular flexibility index (Phi) is 2.77. The maximum absolute atomic E-state index is 4.22. The molecule has 1 fully saturated rings. The van der Waals surface area contributed by atoms with E-state index in [1.54, 1.807) is 0 Å². The smallest absolute Gasteiger partial charge is 0.106 e. The molecular weight excluding hydrogens is 220 g/mol. The van der Waals surface area contributed by atoms with E-state index < -0.39 is 0 Å². The number of nitrogens with zero attached hydrogens (tertiary/aromatic N) is 2. The van der Waals surface area contributed by atoms with Crippen molar-refractivity contribution < 1.29 is 0 Å². The molecule has 0 saturated carbocycles. The molecule has 2 aromatic rings. The van der Waals surface area contributed by atoms with Crippen molar-refractivity contribution in [3.05, 3.63) is 73.1 Å². The molecule has 2 nitrogen and oxygen atoms in total. The maximum atomic E-state index is 4.22. The number of hydrogen-bond acceptors (Lipinski definition) is 2. The van der Waals surface area contributed by atoms with Crippen molar-refractivity contribution in [3.63, 3.8) is 0 Å². The molecule has 0 unspecified atom stereocenters. The summed E-state index contributed by atoms with van der Waals surface area (Å²) >= 11 is 0. The molecule has 0 N–H and O–H groups in total. The van der Waals surface area contributed by atoms with E-state index in [0.717, 1.165) is 18.9 Å². The number of para-hydroxylation sites is 2. The summed E-state index contributed by atoms with van der Waals surface area (Å²) in [6.07, 6.45) is 0. The van der Waals surface area contributed by atoms with E-state index in [0.29, 0.717) is 0 Å². The van der Waals surface area contributed by atoms with Crippen molar-refractivity contribution >= 4 is 11.4 Å². The summed E-state index contributed by atoms with van der Waals surface area (Å²) in [5, 5.41) is 0. The van der Waals surface area contributed by atoms with Gasteiger partial charge in [-0.2, -0.15) is 0 Å². The molecule has 3 rings (SSSR count). The van der Waals surface area contributed by atoms with Gasteiger partial charge in [-0.15, -0.1) is 0 Å². The third-order valence-corrected chi connectivity index (χ3v) is 3.31. The van der Waals surface area contributed by atoms with Gasteiger partial charge in [0.2, 0.25) is 0 Å². The standard InChI is InChI=1S/C16H16N2/c1-14-17(15-8-4-2-5-9-15)12-13-18(14)16-10-6-3-7-11-16/h2-11H,1,12-13H2. The van der Waals surface area contributed by atoms with Gasteiger partial charge in [-0.05, 0) is 24.3 Å². The molecule has 0 aliphatic carbocycles. The predicted molar refractivity (Wildman–Crippen MR) is 76.7 cm³/mol. The Hall–Kier alpha value is -2.22. The first-order valence-corrected chi connectivity index (χ1v) is 6.20. The molecular formula is C16H16N2. The Morgan fingerprint density at radius 2 is 1.06 bits per heavy atom. The Morgan fingerprint density at radius 1 is 0.667 bits per heavy atom. The van der Waals surface area contributed by atoms with Crippen LogP contribution in [0.3, 0.4) is 0 Å². The van der Waals surface area contributed by atoms with Crippen LogP contribution in [0.2, 0.25) is 0 Å². The third kappa shape index (κ3) is 1.86. The summed E-state index contributed by atoms with van der Waals surface area (Å²) in [5.41, 5.74) is 2.42. The van der Waals surface area contributed by atoms with E-state index in [1.807, 2.05) is 12.1 Å². The molecule has 0 amide bonds. The lowest BCUT2D eigenvalue weighted by Crippen LogP contribution is -2.21. The molecule has 2 heteroatoms. The summed E-state index contributed by atoms with van der Waals surface area (Å²) < 4.78 is 0. The number of rotatable bonds is 2. The van der Waals surface area contributed by atoms with Crippen molar-refractivity contribution in [2.24, 2.45) is 0 Å². The van der Waals surface area contributed by atoms with E-state index in [1.165, 1.54) is 11.4 Å². The topological polar surface area (TPSA) is 6.48 Å². The van der Waals surface area contributed by atoms with Crippen LogP contribution in [0, 0.1) is 0 Å².